The summed E-state index contributed by atoms with van der Waals surface area (Å²) in [6.45, 7) is 8.78. The number of nitrogens with one attached hydrogen (secondary N) is 1. The molecule has 0 radical (unpaired) electrons. The van der Waals surface area contributed by atoms with Crippen molar-refractivity contribution in [2.45, 2.75) is 32.0 Å². The van der Waals surface area contributed by atoms with Crippen molar-refractivity contribution in [3.63, 3.8) is 0 Å². The summed E-state index contributed by atoms with van der Waals surface area (Å²) in [5.41, 5.74) is 1.15. The van der Waals surface area contributed by atoms with Crippen LogP contribution in [0.5, 0.6) is 0 Å². The molecular formula is C18H28Cl3N3O2. The first-order valence-corrected chi connectivity index (χ1v) is 9.08. The van der Waals surface area contributed by atoms with E-state index in [2.05, 4.69) is 23.2 Å². The van der Waals surface area contributed by atoms with Crippen LogP contribution in [0.25, 0.3) is 0 Å². The van der Waals surface area contributed by atoms with Gasteiger partial charge in [0.1, 0.15) is 6.04 Å². The van der Waals surface area contributed by atoms with Crippen molar-refractivity contribution in [1.29, 1.82) is 0 Å². The number of piperazine rings is 1. The Kier molecular flexibility index (Phi) is 9.65. The summed E-state index contributed by atoms with van der Waals surface area (Å²) in [4.78, 5) is 17.1. The molecule has 1 unspecified atom stereocenters. The van der Waals surface area contributed by atoms with E-state index in [0.29, 0.717) is 6.61 Å². The Morgan fingerprint density at radius 1 is 1.23 bits per heavy atom. The molecule has 2 saturated heterocycles. The second kappa shape index (κ2) is 10.7. The lowest BCUT2D eigenvalue weighted by atomic mass is 10.1. The summed E-state index contributed by atoms with van der Waals surface area (Å²) in [5.74, 6) is 0.159. The van der Waals surface area contributed by atoms with Crippen molar-refractivity contribution in [3.8, 4) is 0 Å². The average molecular weight is 425 g/mol. The summed E-state index contributed by atoms with van der Waals surface area (Å²) < 4.78 is 5.60. The van der Waals surface area contributed by atoms with Crippen LogP contribution < -0.4 is 5.32 Å². The number of carbonyl (C=O) groups excluding carboxylic acids is 1. The number of rotatable bonds is 3. The zero-order valence-electron chi connectivity index (χ0n) is 15.2. The van der Waals surface area contributed by atoms with Crippen LogP contribution in [-0.4, -0.2) is 67.2 Å². The quantitative estimate of drug-likeness (QED) is 0.810. The minimum absolute atomic E-state index is 0. The van der Waals surface area contributed by atoms with Gasteiger partial charge in [-0.2, -0.15) is 0 Å². The maximum Gasteiger partial charge on any atom is 0.242 e. The van der Waals surface area contributed by atoms with Gasteiger partial charge in [-0.05, 0) is 25.5 Å². The highest BCUT2D eigenvalue weighted by Gasteiger charge is 2.34. The summed E-state index contributed by atoms with van der Waals surface area (Å²) in [6.07, 6.45) is -0.0636. The Balaban J connectivity index is 0.00000169. The summed E-state index contributed by atoms with van der Waals surface area (Å²) in [6, 6.07) is 8.03. The van der Waals surface area contributed by atoms with Gasteiger partial charge in [0.25, 0.3) is 0 Å². The highest BCUT2D eigenvalue weighted by Crippen LogP contribution is 2.27. The molecule has 26 heavy (non-hydrogen) atoms. The van der Waals surface area contributed by atoms with Crippen molar-refractivity contribution in [3.05, 3.63) is 34.9 Å². The fourth-order valence-electron chi connectivity index (χ4n) is 3.55. The summed E-state index contributed by atoms with van der Waals surface area (Å²) in [7, 11) is 0. The lowest BCUT2D eigenvalue weighted by Gasteiger charge is -2.41. The summed E-state index contributed by atoms with van der Waals surface area (Å²) in [5, 5.41) is 4.09. The maximum atomic E-state index is 12.7. The molecule has 2 fully saturated rings. The Hall–Kier alpha value is -0.560. The zero-order chi connectivity index (χ0) is 17.1. The van der Waals surface area contributed by atoms with Crippen molar-refractivity contribution in [1.82, 2.24) is 15.1 Å². The Morgan fingerprint density at radius 2 is 1.88 bits per heavy atom. The first-order chi connectivity index (χ1) is 11.6. The van der Waals surface area contributed by atoms with Crippen LogP contribution in [0.4, 0.5) is 0 Å². The topological polar surface area (TPSA) is 44.8 Å². The minimum Gasteiger partial charge on any atom is -0.375 e. The number of ether oxygens (including phenoxy) is 1. The molecule has 2 aliphatic rings. The fourth-order valence-corrected chi connectivity index (χ4v) is 3.84. The zero-order valence-corrected chi connectivity index (χ0v) is 17.6. The molecule has 0 saturated carbocycles. The molecule has 2 heterocycles. The third-order valence-corrected chi connectivity index (χ3v) is 5.46. The fraction of sp³-hybridized carbons (Fsp3) is 0.611. The van der Waals surface area contributed by atoms with Gasteiger partial charge in [0.05, 0.1) is 12.7 Å². The van der Waals surface area contributed by atoms with Gasteiger partial charge in [-0.1, -0.05) is 29.8 Å². The SMILES string of the molecule is CC(c1ccccc1Cl)N1CCN(C(=O)[C@H]2NCCO[C@@H]2C)CC1.Cl.Cl. The smallest absolute Gasteiger partial charge is 0.242 e. The van der Waals surface area contributed by atoms with Gasteiger partial charge in [0.15, 0.2) is 0 Å². The normalized spacial score (nSPS) is 25.0. The van der Waals surface area contributed by atoms with Crippen LogP contribution >= 0.6 is 36.4 Å². The molecule has 1 aromatic rings. The molecule has 0 bridgehead atoms. The van der Waals surface area contributed by atoms with E-state index in [4.69, 9.17) is 16.3 Å². The molecule has 1 N–H and O–H groups in total. The highest BCUT2D eigenvalue weighted by atomic mass is 35.5. The number of nitrogens with zero attached hydrogens (tertiary/aromatic N) is 2. The maximum absolute atomic E-state index is 12.7. The van der Waals surface area contributed by atoms with E-state index in [1.165, 1.54) is 0 Å². The van der Waals surface area contributed by atoms with Crippen molar-refractivity contribution < 1.29 is 9.53 Å². The van der Waals surface area contributed by atoms with Crippen LogP contribution in [0.15, 0.2) is 24.3 Å². The number of hydrogen-bond donors (Lipinski definition) is 1. The number of carbonyl (C=O) groups is 1. The van der Waals surface area contributed by atoms with Crippen molar-refractivity contribution >= 4 is 42.3 Å². The molecular weight excluding hydrogens is 397 g/mol. The number of amides is 1. The molecule has 0 aromatic heterocycles. The molecule has 3 atom stereocenters. The minimum atomic E-state index is -0.216. The van der Waals surface area contributed by atoms with Gasteiger partial charge < -0.3 is 15.0 Å². The van der Waals surface area contributed by atoms with Crippen LogP contribution in [0.3, 0.4) is 0 Å². The van der Waals surface area contributed by atoms with Gasteiger partial charge in [-0.3, -0.25) is 9.69 Å². The molecule has 3 rings (SSSR count). The molecule has 1 amide bonds. The van der Waals surface area contributed by atoms with Crippen LogP contribution in [0, 0.1) is 0 Å². The van der Waals surface area contributed by atoms with E-state index in [1.54, 1.807) is 0 Å². The lowest BCUT2D eigenvalue weighted by Crippen LogP contribution is -2.59. The van der Waals surface area contributed by atoms with E-state index in [1.807, 2.05) is 30.0 Å². The Bertz CT molecular complexity index is 583. The van der Waals surface area contributed by atoms with E-state index < -0.39 is 0 Å². The lowest BCUT2D eigenvalue weighted by molar-refractivity contribution is -0.141. The summed E-state index contributed by atoms with van der Waals surface area (Å²) >= 11 is 6.32. The number of halogens is 3. The Morgan fingerprint density at radius 3 is 2.50 bits per heavy atom. The predicted octanol–water partition coefficient (Wildman–Crippen LogP) is 2.77. The van der Waals surface area contributed by atoms with Gasteiger partial charge in [0, 0.05) is 43.8 Å². The van der Waals surface area contributed by atoms with E-state index in [-0.39, 0.29) is 48.9 Å². The standard InChI is InChI=1S/C18H26ClN3O2.2ClH/c1-13(15-5-3-4-6-16(15)19)21-8-10-22(11-9-21)18(23)17-14(2)24-12-7-20-17;;/h3-6,13-14,17,20H,7-12H2,1-2H3;2*1H/t13?,14-,17+;;/m1../s1. The van der Waals surface area contributed by atoms with E-state index in [9.17, 15) is 4.79 Å². The van der Waals surface area contributed by atoms with E-state index >= 15 is 0 Å². The largest absolute Gasteiger partial charge is 0.375 e. The van der Waals surface area contributed by atoms with Gasteiger partial charge in [-0.25, -0.2) is 0 Å². The number of hydrogen-bond acceptors (Lipinski definition) is 4. The third kappa shape index (κ3) is 5.24. The van der Waals surface area contributed by atoms with Crippen LogP contribution in [0.2, 0.25) is 5.02 Å². The average Bonchev–Trinajstić information content (AvgIpc) is 2.61. The molecule has 8 heteroatoms. The second-order valence-corrected chi connectivity index (χ2v) is 6.97. The number of benzene rings is 1. The first-order valence-electron chi connectivity index (χ1n) is 8.70. The molecule has 0 spiro atoms. The Labute approximate surface area is 173 Å². The molecule has 148 valence electrons. The first kappa shape index (κ1) is 23.5. The van der Waals surface area contributed by atoms with Gasteiger partial charge in [-0.15, -0.1) is 24.8 Å². The van der Waals surface area contributed by atoms with Crippen molar-refractivity contribution in [2.24, 2.45) is 0 Å². The molecule has 5 nitrogen and oxygen atoms in total. The molecule has 2 aliphatic heterocycles. The number of morpholine rings is 1. The van der Waals surface area contributed by atoms with Crippen LogP contribution in [-0.2, 0) is 9.53 Å². The molecule has 0 aliphatic carbocycles. The van der Waals surface area contributed by atoms with Crippen LogP contribution in [0.1, 0.15) is 25.5 Å². The van der Waals surface area contributed by atoms with Crippen molar-refractivity contribution in [2.75, 3.05) is 39.3 Å². The second-order valence-electron chi connectivity index (χ2n) is 6.57. The van der Waals surface area contributed by atoms with Gasteiger partial charge >= 0.3 is 0 Å². The third-order valence-electron chi connectivity index (χ3n) is 5.11. The molecule has 1 aromatic carbocycles. The predicted molar refractivity (Wildman–Crippen MR) is 110 cm³/mol. The monoisotopic (exact) mass is 423 g/mol. The van der Waals surface area contributed by atoms with E-state index in [0.717, 1.165) is 43.3 Å². The van der Waals surface area contributed by atoms with Gasteiger partial charge in [0.2, 0.25) is 5.91 Å². The highest BCUT2D eigenvalue weighted by molar-refractivity contribution is 6.31.